The number of nitrogen functional groups attached to an aromatic ring is 1. The van der Waals surface area contributed by atoms with Crippen LogP contribution in [0.5, 0.6) is 0 Å². The monoisotopic (exact) mass is 373 g/mol. The molecule has 4 rings (SSSR count). The van der Waals surface area contributed by atoms with Crippen LogP contribution in [-0.4, -0.2) is 36.8 Å². The SMILES string of the molecule is CCNC(=O)c1ccc2nc(-c3cccc(C)n3)c(-c3ccnc(N)n3)n2c1. The molecule has 0 unspecified atom stereocenters. The zero-order valence-electron chi connectivity index (χ0n) is 15.5. The van der Waals surface area contributed by atoms with Crippen molar-refractivity contribution in [3.05, 3.63) is 60.0 Å². The molecule has 28 heavy (non-hydrogen) atoms. The number of nitrogens with zero attached hydrogens (tertiary/aromatic N) is 5. The van der Waals surface area contributed by atoms with Gasteiger partial charge in [-0.2, -0.15) is 0 Å². The van der Waals surface area contributed by atoms with E-state index in [-0.39, 0.29) is 11.9 Å². The standard InChI is InChI=1S/C20H19N7O/c1-3-22-19(28)13-7-8-16-26-17(14-6-4-5-12(2)24-14)18(27(16)11-13)15-9-10-23-20(21)25-15/h4-11H,3H2,1-2H3,(H,22,28)(H2,21,23,25). The number of carbonyl (C=O) groups excluding carboxylic acids is 1. The second kappa shape index (κ2) is 7.07. The molecule has 0 bridgehead atoms. The number of carbonyl (C=O) groups is 1. The quantitative estimate of drug-likeness (QED) is 0.568. The maximum atomic E-state index is 12.3. The molecule has 4 aromatic rings. The molecule has 0 aliphatic carbocycles. The first-order valence-electron chi connectivity index (χ1n) is 8.90. The minimum Gasteiger partial charge on any atom is -0.368 e. The predicted molar refractivity (Wildman–Crippen MR) is 107 cm³/mol. The van der Waals surface area contributed by atoms with Gasteiger partial charge in [0.15, 0.2) is 0 Å². The number of aryl methyl sites for hydroxylation is 1. The molecule has 0 saturated heterocycles. The normalized spacial score (nSPS) is 10.9. The van der Waals surface area contributed by atoms with Crippen molar-refractivity contribution in [1.29, 1.82) is 0 Å². The number of hydrogen-bond donors (Lipinski definition) is 2. The lowest BCUT2D eigenvalue weighted by Gasteiger charge is -2.07. The summed E-state index contributed by atoms with van der Waals surface area (Å²) in [4.78, 5) is 30.0. The van der Waals surface area contributed by atoms with E-state index >= 15 is 0 Å². The van der Waals surface area contributed by atoms with E-state index in [2.05, 4.69) is 20.3 Å². The summed E-state index contributed by atoms with van der Waals surface area (Å²) in [6, 6.07) is 11.1. The van der Waals surface area contributed by atoms with Crippen LogP contribution < -0.4 is 11.1 Å². The molecule has 140 valence electrons. The number of rotatable bonds is 4. The molecule has 0 fully saturated rings. The third kappa shape index (κ3) is 3.16. The topological polar surface area (TPSA) is 111 Å². The summed E-state index contributed by atoms with van der Waals surface area (Å²) in [6.45, 7) is 4.35. The highest BCUT2D eigenvalue weighted by Crippen LogP contribution is 2.31. The summed E-state index contributed by atoms with van der Waals surface area (Å²) >= 11 is 0. The van der Waals surface area contributed by atoms with Crippen LogP contribution in [0, 0.1) is 6.92 Å². The van der Waals surface area contributed by atoms with Gasteiger partial charge < -0.3 is 11.1 Å². The fourth-order valence-electron chi connectivity index (χ4n) is 3.05. The lowest BCUT2D eigenvalue weighted by Crippen LogP contribution is -2.22. The summed E-state index contributed by atoms with van der Waals surface area (Å²) in [5.74, 6) is 0.0111. The molecule has 0 aromatic carbocycles. The van der Waals surface area contributed by atoms with E-state index < -0.39 is 0 Å². The zero-order chi connectivity index (χ0) is 19.7. The molecule has 0 atom stereocenters. The van der Waals surface area contributed by atoms with E-state index in [1.54, 1.807) is 30.6 Å². The Kier molecular flexibility index (Phi) is 4.44. The molecule has 8 nitrogen and oxygen atoms in total. The number of amides is 1. The van der Waals surface area contributed by atoms with Crippen LogP contribution >= 0.6 is 0 Å². The van der Waals surface area contributed by atoms with Gasteiger partial charge in [0.1, 0.15) is 17.0 Å². The van der Waals surface area contributed by atoms with Gasteiger partial charge in [-0.15, -0.1) is 0 Å². The number of aromatic nitrogens is 5. The fourth-order valence-corrected chi connectivity index (χ4v) is 3.05. The third-order valence-electron chi connectivity index (χ3n) is 4.27. The van der Waals surface area contributed by atoms with Crippen LogP contribution in [0.4, 0.5) is 5.95 Å². The van der Waals surface area contributed by atoms with Gasteiger partial charge in [-0.1, -0.05) is 6.07 Å². The van der Waals surface area contributed by atoms with Gasteiger partial charge in [-0.3, -0.25) is 14.2 Å². The van der Waals surface area contributed by atoms with E-state index in [1.807, 2.05) is 36.4 Å². The van der Waals surface area contributed by atoms with Gasteiger partial charge in [0.2, 0.25) is 5.95 Å². The van der Waals surface area contributed by atoms with Gasteiger partial charge in [-0.05, 0) is 44.2 Å². The van der Waals surface area contributed by atoms with Crippen LogP contribution in [-0.2, 0) is 0 Å². The maximum Gasteiger partial charge on any atom is 0.252 e. The molecule has 0 aliphatic rings. The van der Waals surface area contributed by atoms with E-state index in [1.165, 1.54) is 0 Å². The minimum absolute atomic E-state index is 0.151. The van der Waals surface area contributed by atoms with Crippen LogP contribution in [0.1, 0.15) is 23.0 Å². The molecular formula is C20H19N7O. The summed E-state index contributed by atoms with van der Waals surface area (Å²) in [6.07, 6.45) is 3.35. The Bertz CT molecular complexity index is 1180. The molecule has 0 saturated carbocycles. The van der Waals surface area contributed by atoms with Crippen LogP contribution in [0.3, 0.4) is 0 Å². The third-order valence-corrected chi connectivity index (χ3v) is 4.27. The van der Waals surface area contributed by atoms with Crippen LogP contribution in [0.15, 0.2) is 48.8 Å². The highest BCUT2D eigenvalue weighted by Gasteiger charge is 2.19. The average Bonchev–Trinajstić information content (AvgIpc) is 3.07. The van der Waals surface area contributed by atoms with Crippen molar-refractivity contribution in [2.45, 2.75) is 13.8 Å². The van der Waals surface area contributed by atoms with E-state index in [9.17, 15) is 4.79 Å². The number of pyridine rings is 2. The van der Waals surface area contributed by atoms with Crippen molar-refractivity contribution >= 4 is 17.5 Å². The van der Waals surface area contributed by atoms with Crippen molar-refractivity contribution in [1.82, 2.24) is 29.7 Å². The number of nitrogens with one attached hydrogen (secondary N) is 1. The van der Waals surface area contributed by atoms with Crippen LogP contribution in [0.25, 0.3) is 28.4 Å². The summed E-state index contributed by atoms with van der Waals surface area (Å²) in [7, 11) is 0. The molecule has 1 amide bonds. The summed E-state index contributed by atoms with van der Waals surface area (Å²) in [5.41, 5.74) is 10.6. The van der Waals surface area contributed by atoms with Crippen LogP contribution in [0.2, 0.25) is 0 Å². The minimum atomic E-state index is -0.151. The number of imidazole rings is 1. The first kappa shape index (κ1) is 17.6. The van der Waals surface area contributed by atoms with E-state index in [4.69, 9.17) is 10.7 Å². The highest BCUT2D eigenvalue weighted by molar-refractivity contribution is 5.94. The van der Waals surface area contributed by atoms with Crippen molar-refractivity contribution in [2.24, 2.45) is 0 Å². The smallest absolute Gasteiger partial charge is 0.252 e. The number of anilines is 1. The number of nitrogens with two attached hydrogens (primary N) is 1. The Morgan fingerprint density at radius 2 is 1.96 bits per heavy atom. The largest absolute Gasteiger partial charge is 0.368 e. The maximum absolute atomic E-state index is 12.3. The second-order valence-corrected chi connectivity index (χ2v) is 6.28. The Balaban J connectivity index is 2.00. The predicted octanol–water partition coefficient (Wildman–Crippen LogP) is 2.49. The van der Waals surface area contributed by atoms with Crippen molar-refractivity contribution in [2.75, 3.05) is 12.3 Å². The van der Waals surface area contributed by atoms with Gasteiger partial charge in [-0.25, -0.2) is 15.0 Å². The van der Waals surface area contributed by atoms with Crippen molar-refractivity contribution < 1.29 is 4.79 Å². The van der Waals surface area contributed by atoms with Crippen molar-refractivity contribution in [3.63, 3.8) is 0 Å². The van der Waals surface area contributed by atoms with E-state index in [0.29, 0.717) is 34.8 Å². The fraction of sp³-hybridized carbons (Fsp3) is 0.150. The van der Waals surface area contributed by atoms with Gasteiger partial charge >= 0.3 is 0 Å². The zero-order valence-corrected chi connectivity index (χ0v) is 15.5. The Morgan fingerprint density at radius 3 is 2.71 bits per heavy atom. The Hall–Kier alpha value is -3.81. The molecule has 0 radical (unpaired) electrons. The Morgan fingerprint density at radius 1 is 1.11 bits per heavy atom. The summed E-state index contributed by atoms with van der Waals surface area (Å²) in [5, 5.41) is 2.81. The lowest BCUT2D eigenvalue weighted by molar-refractivity contribution is 0.0955. The number of fused-ring (bicyclic) bond motifs is 1. The van der Waals surface area contributed by atoms with Gasteiger partial charge in [0.05, 0.1) is 17.0 Å². The van der Waals surface area contributed by atoms with Gasteiger partial charge in [0.25, 0.3) is 5.91 Å². The van der Waals surface area contributed by atoms with E-state index in [0.717, 1.165) is 11.4 Å². The highest BCUT2D eigenvalue weighted by atomic mass is 16.1. The molecule has 4 heterocycles. The first-order valence-corrected chi connectivity index (χ1v) is 8.90. The molecule has 8 heteroatoms. The average molecular weight is 373 g/mol. The lowest BCUT2D eigenvalue weighted by atomic mass is 10.1. The second-order valence-electron chi connectivity index (χ2n) is 6.28. The first-order chi connectivity index (χ1) is 13.6. The molecule has 4 aromatic heterocycles. The van der Waals surface area contributed by atoms with Gasteiger partial charge in [0, 0.05) is 24.6 Å². The Labute approximate surface area is 161 Å². The van der Waals surface area contributed by atoms with Crippen molar-refractivity contribution in [3.8, 4) is 22.8 Å². The number of hydrogen-bond acceptors (Lipinski definition) is 6. The molecular weight excluding hydrogens is 354 g/mol. The molecule has 0 spiro atoms. The molecule has 3 N–H and O–H groups in total. The molecule has 0 aliphatic heterocycles. The summed E-state index contributed by atoms with van der Waals surface area (Å²) < 4.78 is 1.84.